The van der Waals surface area contributed by atoms with Crippen molar-refractivity contribution in [1.29, 1.82) is 0 Å². The lowest BCUT2D eigenvalue weighted by Gasteiger charge is -2.34. The first-order valence-electron chi connectivity index (χ1n) is 9.95. The van der Waals surface area contributed by atoms with Crippen molar-refractivity contribution in [3.8, 4) is 5.75 Å². The van der Waals surface area contributed by atoms with Gasteiger partial charge in [-0.1, -0.05) is 60.1 Å². The van der Waals surface area contributed by atoms with E-state index in [9.17, 15) is 0 Å². The molecule has 1 heterocycles. The van der Waals surface area contributed by atoms with Gasteiger partial charge in [-0.3, -0.25) is 0 Å². The van der Waals surface area contributed by atoms with Gasteiger partial charge >= 0.3 is 0 Å². The third kappa shape index (κ3) is 3.67. The first kappa shape index (κ1) is 17.8. The average molecular weight is 391 g/mol. The topological polar surface area (TPSA) is 21.8 Å². The zero-order valence-electron chi connectivity index (χ0n) is 15.7. The molecule has 0 saturated carbocycles. The van der Waals surface area contributed by atoms with E-state index in [1.807, 2.05) is 12.1 Å². The van der Waals surface area contributed by atoms with Gasteiger partial charge in [-0.2, -0.15) is 0 Å². The summed E-state index contributed by atoms with van der Waals surface area (Å²) in [6.07, 6.45) is 2.53. The Hall–Kier alpha value is -2.29. The van der Waals surface area contributed by atoms with Crippen molar-refractivity contribution in [3.63, 3.8) is 0 Å². The maximum Gasteiger partial charge on any atom is 0.119 e. The van der Waals surface area contributed by atoms with Gasteiger partial charge in [-0.15, -0.1) is 0 Å². The summed E-state index contributed by atoms with van der Waals surface area (Å²) in [7, 11) is 0. The lowest BCUT2D eigenvalue weighted by atomic mass is 9.69. The first-order chi connectivity index (χ1) is 13.8. The minimum absolute atomic E-state index is 0.277. The minimum Gasteiger partial charge on any atom is -0.491 e. The van der Waals surface area contributed by atoms with Crippen molar-refractivity contribution in [3.05, 3.63) is 100 Å². The molecule has 1 fully saturated rings. The fourth-order valence-electron chi connectivity index (χ4n) is 4.37. The van der Waals surface area contributed by atoms with Gasteiger partial charge in [0.25, 0.3) is 0 Å². The van der Waals surface area contributed by atoms with Crippen LogP contribution in [0.3, 0.4) is 0 Å². The van der Waals surface area contributed by atoms with Gasteiger partial charge in [-0.05, 0) is 65.3 Å². The van der Waals surface area contributed by atoms with Gasteiger partial charge in [0.2, 0.25) is 0 Å². The van der Waals surface area contributed by atoms with Crippen LogP contribution in [-0.4, -0.2) is 19.3 Å². The fourth-order valence-corrected chi connectivity index (χ4v) is 4.49. The molecule has 1 aliphatic carbocycles. The summed E-state index contributed by atoms with van der Waals surface area (Å²) in [5.74, 6) is 1.69. The molecule has 0 amide bonds. The molecule has 2 aliphatic rings. The molecule has 142 valence electrons. The van der Waals surface area contributed by atoms with Crippen molar-refractivity contribution < 1.29 is 9.47 Å². The van der Waals surface area contributed by atoms with Gasteiger partial charge in [0.1, 0.15) is 18.5 Å². The molecule has 1 saturated heterocycles. The molecule has 3 aromatic rings. The highest BCUT2D eigenvalue weighted by Crippen LogP contribution is 2.46. The second-order valence-corrected chi connectivity index (χ2v) is 8.15. The Morgan fingerprint density at radius 3 is 2.36 bits per heavy atom. The van der Waals surface area contributed by atoms with Crippen LogP contribution in [0.2, 0.25) is 5.02 Å². The highest BCUT2D eigenvalue weighted by Gasteiger charge is 2.31. The zero-order valence-corrected chi connectivity index (χ0v) is 16.4. The molecule has 0 spiro atoms. The minimum atomic E-state index is 0.277. The van der Waals surface area contributed by atoms with E-state index in [-0.39, 0.29) is 6.10 Å². The van der Waals surface area contributed by atoms with Crippen molar-refractivity contribution in [2.45, 2.75) is 30.8 Å². The van der Waals surface area contributed by atoms with Crippen LogP contribution in [0.4, 0.5) is 0 Å². The maximum atomic E-state index is 6.14. The van der Waals surface area contributed by atoms with Crippen molar-refractivity contribution in [2.75, 3.05) is 13.2 Å². The lowest BCUT2D eigenvalue weighted by molar-refractivity contribution is 0.263. The van der Waals surface area contributed by atoms with Crippen molar-refractivity contribution >= 4 is 11.6 Å². The number of fused-ring (bicyclic) bond motifs is 1. The van der Waals surface area contributed by atoms with E-state index in [0.717, 1.165) is 30.2 Å². The normalized spacial score (nSPS) is 23.1. The van der Waals surface area contributed by atoms with Gasteiger partial charge < -0.3 is 9.47 Å². The molecule has 5 rings (SSSR count). The van der Waals surface area contributed by atoms with E-state index in [4.69, 9.17) is 21.1 Å². The molecule has 28 heavy (non-hydrogen) atoms. The molecule has 1 aliphatic heterocycles. The predicted molar refractivity (Wildman–Crippen MR) is 112 cm³/mol. The molecule has 0 bridgehead atoms. The van der Waals surface area contributed by atoms with Crippen LogP contribution in [-0.2, 0) is 11.2 Å². The predicted octanol–water partition coefficient (Wildman–Crippen LogP) is 5.98. The number of hydrogen-bond donors (Lipinski definition) is 0. The molecule has 3 unspecified atom stereocenters. The number of hydrogen-bond acceptors (Lipinski definition) is 2. The Labute approximate surface area is 171 Å². The number of aryl methyl sites for hydroxylation is 1. The van der Waals surface area contributed by atoms with E-state index in [2.05, 4.69) is 60.7 Å². The summed E-state index contributed by atoms with van der Waals surface area (Å²) in [4.78, 5) is 0. The molecule has 3 heteroatoms. The van der Waals surface area contributed by atoms with Gasteiger partial charge in [0.15, 0.2) is 0 Å². The van der Waals surface area contributed by atoms with E-state index in [0.29, 0.717) is 18.4 Å². The van der Waals surface area contributed by atoms with Gasteiger partial charge in [0.05, 0.1) is 6.61 Å². The molecule has 0 aromatic heterocycles. The van der Waals surface area contributed by atoms with E-state index < -0.39 is 0 Å². The molecular formula is C25H23ClO2. The first-order valence-corrected chi connectivity index (χ1v) is 10.3. The number of benzene rings is 3. The smallest absolute Gasteiger partial charge is 0.119 e. The van der Waals surface area contributed by atoms with Crippen LogP contribution >= 0.6 is 11.6 Å². The van der Waals surface area contributed by atoms with Crippen LogP contribution in [0, 0.1) is 0 Å². The SMILES string of the molecule is Clc1ccc(C2CCc3ccccc3C2c2ccc(OCC3CO3)cc2)cc1. The maximum absolute atomic E-state index is 6.14. The Balaban J connectivity index is 1.49. The van der Waals surface area contributed by atoms with Crippen LogP contribution < -0.4 is 4.74 Å². The zero-order chi connectivity index (χ0) is 18.9. The van der Waals surface area contributed by atoms with Gasteiger partial charge in [0, 0.05) is 10.9 Å². The number of rotatable bonds is 5. The number of epoxide rings is 1. The summed E-state index contributed by atoms with van der Waals surface area (Å²) in [5.41, 5.74) is 5.59. The van der Waals surface area contributed by atoms with Crippen molar-refractivity contribution in [2.24, 2.45) is 0 Å². The molecule has 0 N–H and O–H groups in total. The second-order valence-electron chi connectivity index (χ2n) is 7.71. The van der Waals surface area contributed by atoms with Crippen LogP contribution in [0.1, 0.15) is 40.5 Å². The highest BCUT2D eigenvalue weighted by atomic mass is 35.5. The summed E-state index contributed by atoms with van der Waals surface area (Å²) >= 11 is 6.14. The summed E-state index contributed by atoms with van der Waals surface area (Å²) < 4.78 is 11.1. The third-order valence-corrected chi connectivity index (χ3v) is 6.14. The average Bonchev–Trinajstić information content (AvgIpc) is 3.57. The third-order valence-electron chi connectivity index (χ3n) is 5.89. The van der Waals surface area contributed by atoms with E-state index in [1.165, 1.54) is 22.3 Å². The summed E-state index contributed by atoms with van der Waals surface area (Å²) in [6.45, 7) is 1.46. The van der Waals surface area contributed by atoms with Crippen LogP contribution in [0.5, 0.6) is 5.75 Å². The second kappa shape index (κ2) is 7.62. The van der Waals surface area contributed by atoms with Crippen LogP contribution in [0.15, 0.2) is 72.8 Å². The molecular weight excluding hydrogens is 368 g/mol. The molecule has 3 atom stereocenters. The Morgan fingerprint density at radius 2 is 1.61 bits per heavy atom. The molecule has 3 aromatic carbocycles. The lowest BCUT2D eigenvalue weighted by Crippen LogP contribution is -2.20. The van der Waals surface area contributed by atoms with E-state index in [1.54, 1.807) is 0 Å². The van der Waals surface area contributed by atoms with Crippen molar-refractivity contribution in [1.82, 2.24) is 0 Å². The highest BCUT2D eigenvalue weighted by molar-refractivity contribution is 6.30. The molecule has 0 radical (unpaired) electrons. The number of halogens is 1. The monoisotopic (exact) mass is 390 g/mol. The Bertz CT molecular complexity index is 945. The standard InChI is InChI=1S/C25H23ClO2/c26-20-10-5-18(6-11-20)24-14-9-17-3-1-2-4-23(17)25(24)19-7-12-21(13-8-19)27-15-22-16-28-22/h1-8,10-13,22,24-25H,9,14-16H2. The van der Waals surface area contributed by atoms with Crippen LogP contribution in [0.25, 0.3) is 0 Å². The number of ether oxygens (including phenoxy) is 2. The summed E-state index contributed by atoms with van der Waals surface area (Å²) in [5, 5.41) is 0.789. The molecule has 2 nitrogen and oxygen atoms in total. The van der Waals surface area contributed by atoms with E-state index >= 15 is 0 Å². The van der Waals surface area contributed by atoms with Gasteiger partial charge in [-0.25, -0.2) is 0 Å². The quantitative estimate of drug-likeness (QED) is 0.500. The largest absolute Gasteiger partial charge is 0.491 e. The summed E-state index contributed by atoms with van der Waals surface area (Å²) in [6, 6.07) is 25.9. The fraction of sp³-hybridized carbons (Fsp3) is 0.280. The Kier molecular flexibility index (Phi) is 4.84. The Morgan fingerprint density at radius 1 is 0.893 bits per heavy atom.